The third-order valence-corrected chi connectivity index (χ3v) is 2.41. The summed E-state index contributed by atoms with van der Waals surface area (Å²) in [6.45, 7) is 0. The predicted molar refractivity (Wildman–Crippen MR) is 51.3 cm³/mol. The highest BCUT2D eigenvalue weighted by molar-refractivity contribution is 6.00. The van der Waals surface area contributed by atoms with Gasteiger partial charge in [0.25, 0.3) is 0 Å². The van der Waals surface area contributed by atoms with E-state index in [0.717, 1.165) is 18.5 Å². The zero-order chi connectivity index (χ0) is 10.1. The lowest BCUT2D eigenvalue weighted by atomic mass is 9.94. The van der Waals surface area contributed by atoms with Crippen LogP contribution in [0.3, 0.4) is 0 Å². The first kappa shape index (κ1) is 8.87. The Morgan fingerprint density at radius 3 is 2.93 bits per heavy atom. The third-order valence-electron chi connectivity index (χ3n) is 2.41. The Bertz CT molecular complexity index is 413. The summed E-state index contributed by atoms with van der Waals surface area (Å²) in [4.78, 5) is 26.1. The summed E-state index contributed by atoms with van der Waals surface area (Å²) in [6.07, 6.45) is 2.75. The summed E-state index contributed by atoms with van der Waals surface area (Å²) in [5, 5.41) is 0. The van der Waals surface area contributed by atoms with Crippen molar-refractivity contribution in [1.29, 1.82) is 0 Å². The van der Waals surface area contributed by atoms with Crippen LogP contribution in [0.25, 0.3) is 0 Å². The number of pyridine rings is 1. The van der Waals surface area contributed by atoms with Crippen LogP contribution in [0.15, 0.2) is 6.07 Å². The van der Waals surface area contributed by atoms with E-state index in [4.69, 9.17) is 5.73 Å². The van der Waals surface area contributed by atoms with E-state index in [2.05, 4.69) is 4.98 Å². The molecule has 0 spiro atoms. The Hall–Kier alpha value is -1.71. The number of anilines is 1. The standard InChI is InChI=1S/C10H10N2O2/c11-10-6(5-13)4-7-8(12-10)2-1-3-9(7)14/h4-5H,1-3H2,(H2,11,12). The quantitative estimate of drug-likeness (QED) is 0.670. The Balaban J connectivity index is 2.60. The molecule has 2 N–H and O–H groups in total. The number of hydrogen-bond acceptors (Lipinski definition) is 4. The number of Topliss-reactive ketones (excluding diaryl/α,β-unsaturated/α-hetero) is 1. The lowest BCUT2D eigenvalue weighted by Gasteiger charge is -2.14. The molecule has 0 amide bonds. The Labute approximate surface area is 81.1 Å². The van der Waals surface area contributed by atoms with Gasteiger partial charge in [-0.05, 0) is 18.9 Å². The van der Waals surface area contributed by atoms with Gasteiger partial charge in [0.1, 0.15) is 5.82 Å². The number of aldehydes is 1. The Morgan fingerprint density at radius 1 is 1.43 bits per heavy atom. The molecule has 4 nitrogen and oxygen atoms in total. The van der Waals surface area contributed by atoms with E-state index in [1.807, 2.05) is 0 Å². The van der Waals surface area contributed by atoms with Crippen LogP contribution in [0, 0.1) is 0 Å². The van der Waals surface area contributed by atoms with E-state index >= 15 is 0 Å². The van der Waals surface area contributed by atoms with Crippen molar-refractivity contribution in [1.82, 2.24) is 4.98 Å². The molecule has 72 valence electrons. The number of nitrogen functional groups attached to an aromatic ring is 1. The smallest absolute Gasteiger partial charge is 0.164 e. The number of carbonyl (C=O) groups is 2. The Morgan fingerprint density at radius 2 is 2.21 bits per heavy atom. The molecule has 0 radical (unpaired) electrons. The molecule has 2 rings (SSSR count). The molecular weight excluding hydrogens is 180 g/mol. The fourth-order valence-corrected chi connectivity index (χ4v) is 1.66. The van der Waals surface area contributed by atoms with Gasteiger partial charge in [-0.1, -0.05) is 0 Å². The molecule has 0 fully saturated rings. The highest BCUT2D eigenvalue weighted by atomic mass is 16.1. The van der Waals surface area contributed by atoms with Gasteiger partial charge in [0, 0.05) is 12.0 Å². The molecule has 0 saturated heterocycles. The summed E-state index contributed by atoms with van der Waals surface area (Å²) < 4.78 is 0. The fourth-order valence-electron chi connectivity index (χ4n) is 1.66. The molecule has 1 aliphatic rings. The second kappa shape index (κ2) is 3.21. The molecule has 0 atom stereocenters. The van der Waals surface area contributed by atoms with Crippen molar-refractivity contribution in [3.63, 3.8) is 0 Å². The maximum Gasteiger partial charge on any atom is 0.164 e. The van der Waals surface area contributed by atoms with Crippen molar-refractivity contribution >= 4 is 17.9 Å². The number of ketones is 1. The average Bonchev–Trinajstić information content (AvgIpc) is 2.17. The van der Waals surface area contributed by atoms with Crippen molar-refractivity contribution < 1.29 is 9.59 Å². The summed E-state index contributed by atoms with van der Waals surface area (Å²) in [5.41, 5.74) is 7.14. The molecule has 14 heavy (non-hydrogen) atoms. The first-order valence-corrected chi connectivity index (χ1v) is 4.50. The van der Waals surface area contributed by atoms with Crippen molar-refractivity contribution in [2.75, 3.05) is 5.73 Å². The van der Waals surface area contributed by atoms with Crippen LogP contribution >= 0.6 is 0 Å². The first-order chi connectivity index (χ1) is 6.72. The number of hydrogen-bond donors (Lipinski definition) is 1. The van der Waals surface area contributed by atoms with Crippen LogP contribution in [-0.4, -0.2) is 17.1 Å². The minimum Gasteiger partial charge on any atom is -0.383 e. The van der Waals surface area contributed by atoms with Gasteiger partial charge < -0.3 is 5.73 Å². The summed E-state index contributed by atoms with van der Waals surface area (Å²) >= 11 is 0. The zero-order valence-electron chi connectivity index (χ0n) is 7.62. The number of aryl methyl sites for hydroxylation is 1. The van der Waals surface area contributed by atoms with Gasteiger partial charge in [-0.15, -0.1) is 0 Å². The summed E-state index contributed by atoms with van der Waals surface area (Å²) in [5.74, 6) is 0.273. The second-order valence-corrected chi connectivity index (χ2v) is 3.35. The highest BCUT2D eigenvalue weighted by Gasteiger charge is 2.19. The van der Waals surface area contributed by atoms with Crippen LogP contribution in [0.4, 0.5) is 5.82 Å². The lowest BCUT2D eigenvalue weighted by molar-refractivity contribution is 0.0971. The first-order valence-electron chi connectivity index (χ1n) is 4.50. The molecule has 0 bridgehead atoms. The number of rotatable bonds is 1. The topological polar surface area (TPSA) is 73.0 Å². The van der Waals surface area contributed by atoms with Gasteiger partial charge in [0.15, 0.2) is 12.1 Å². The Kier molecular flexibility index (Phi) is 2.04. The van der Waals surface area contributed by atoms with Gasteiger partial charge in [-0.3, -0.25) is 9.59 Å². The minimum absolute atomic E-state index is 0.0573. The van der Waals surface area contributed by atoms with Crippen LogP contribution in [0.5, 0.6) is 0 Å². The molecule has 1 aromatic rings. The van der Waals surface area contributed by atoms with E-state index in [9.17, 15) is 9.59 Å². The van der Waals surface area contributed by atoms with E-state index in [-0.39, 0.29) is 11.6 Å². The van der Waals surface area contributed by atoms with Gasteiger partial charge in [0.05, 0.1) is 11.3 Å². The van der Waals surface area contributed by atoms with Gasteiger partial charge in [-0.2, -0.15) is 0 Å². The van der Waals surface area contributed by atoms with Crippen molar-refractivity contribution in [3.05, 3.63) is 22.9 Å². The molecule has 0 aliphatic heterocycles. The van der Waals surface area contributed by atoms with Crippen LogP contribution in [0.2, 0.25) is 0 Å². The normalized spacial score (nSPS) is 15.0. The molecule has 4 heteroatoms. The van der Waals surface area contributed by atoms with Crippen LogP contribution in [-0.2, 0) is 6.42 Å². The summed E-state index contributed by atoms with van der Waals surface area (Å²) in [7, 11) is 0. The number of carbonyl (C=O) groups excluding carboxylic acids is 2. The SMILES string of the molecule is Nc1nc2c(cc1C=O)C(=O)CCC2. The zero-order valence-corrected chi connectivity index (χ0v) is 7.62. The van der Waals surface area contributed by atoms with E-state index in [1.54, 1.807) is 6.07 Å². The largest absolute Gasteiger partial charge is 0.383 e. The monoisotopic (exact) mass is 190 g/mol. The van der Waals surface area contributed by atoms with E-state index < -0.39 is 0 Å². The van der Waals surface area contributed by atoms with Crippen molar-refractivity contribution in [2.24, 2.45) is 0 Å². The van der Waals surface area contributed by atoms with Gasteiger partial charge in [0.2, 0.25) is 0 Å². The molecule has 1 aliphatic carbocycles. The number of aromatic nitrogens is 1. The molecule has 0 unspecified atom stereocenters. The molecular formula is C10H10N2O2. The van der Waals surface area contributed by atoms with Crippen molar-refractivity contribution in [3.8, 4) is 0 Å². The molecule has 0 aromatic carbocycles. The average molecular weight is 190 g/mol. The maximum atomic E-state index is 11.5. The highest BCUT2D eigenvalue weighted by Crippen LogP contribution is 2.22. The molecule has 1 heterocycles. The van der Waals surface area contributed by atoms with Crippen molar-refractivity contribution in [2.45, 2.75) is 19.3 Å². The predicted octanol–water partition coefficient (Wildman–Crippen LogP) is 0.995. The van der Waals surface area contributed by atoms with E-state index in [1.165, 1.54) is 0 Å². The number of nitrogens with two attached hydrogens (primary N) is 1. The van der Waals surface area contributed by atoms with Gasteiger partial charge in [-0.25, -0.2) is 4.98 Å². The summed E-state index contributed by atoms with van der Waals surface area (Å²) in [6, 6.07) is 1.55. The van der Waals surface area contributed by atoms with E-state index in [0.29, 0.717) is 23.8 Å². The minimum atomic E-state index is 0.0573. The number of fused-ring (bicyclic) bond motifs is 1. The van der Waals surface area contributed by atoms with Gasteiger partial charge >= 0.3 is 0 Å². The second-order valence-electron chi connectivity index (χ2n) is 3.35. The molecule has 1 aromatic heterocycles. The fraction of sp³-hybridized carbons (Fsp3) is 0.300. The maximum absolute atomic E-state index is 11.5. The third kappa shape index (κ3) is 1.28. The van der Waals surface area contributed by atoms with Crippen LogP contribution in [0.1, 0.15) is 39.3 Å². The number of nitrogens with zero attached hydrogens (tertiary/aromatic N) is 1. The molecule has 0 saturated carbocycles. The van der Waals surface area contributed by atoms with Crippen LogP contribution < -0.4 is 5.73 Å². The lowest BCUT2D eigenvalue weighted by Crippen LogP contribution is -2.14.